The van der Waals surface area contributed by atoms with Gasteiger partial charge in [0.1, 0.15) is 0 Å². The summed E-state index contributed by atoms with van der Waals surface area (Å²) in [6.45, 7) is 5.18. The first-order chi connectivity index (χ1) is 7.79. The first kappa shape index (κ1) is 11.1. The van der Waals surface area contributed by atoms with Crippen molar-refractivity contribution in [1.82, 2.24) is 10.3 Å². The smallest absolute Gasteiger partial charge is 0.0562 e. The summed E-state index contributed by atoms with van der Waals surface area (Å²) in [5, 5.41) is 3.13. The number of hydrogen-bond donors (Lipinski definition) is 1. The molecule has 0 saturated heterocycles. The van der Waals surface area contributed by atoms with Crippen LogP contribution in [0.2, 0.25) is 0 Å². The van der Waals surface area contributed by atoms with Crippen molar-refractivity contribution in [3.05, 3.63) is 35.7 Å². The Morgan fingerprint density at radius 2 is 2.38 bits per heavy atom. The average Bonchev–Trinajstić information content (AvgIpc) is 2.30. The van der Waals surface area contributed by atoms with E-state index in [-0.39, 0.29) is 0 Å². The molecule has 1 N–H and O–H groups in total. The highest BCUT2D eigenvalue weighted by Crippen LogP contribution is 2.19. The summed E-state index contributed by atoms with van der Waals surface area (Å²) in [6.07, 6.45) is 5.37. The summed E-state index contributed by atoms with van der Waals surface area (Å²) in [6, 6.07) is 4.27. The zero-order valence-corrected chi connectivity index (χ0v) is 10.0. The average molecular weight is 217 g/mol. The van der Waals surface area contributed by atoms with Gasteiger partial charge in [-0.25, -0.2) is 0 Å². The maximum atomic E-state index is 4.34. The van der Waals surface area contributed by atoms with Crippen LogP contribution in [0.4, 0.5) is 5.69 Å². The molecule has 16 heavy (non-hydrogen) atoms. The molecule has 2 heterocycles. The van der Waals surface area contributed by atoms with E-state index in [0.717, 1.165) is 31.7 Å². The molecule has 86 valence electrons. The van der Waals surface area contributed by atoms with Gasteiger partial charge in [0, 0.05) is 31.5 Å². The number of anilines is 1. The number of nitrogens with one attached hydrogen (secondary N) is 1. The lowest BCUT2D eigenvalue weighted by Gasteiger charge is -2.28. The zero-order chi connectivity index (χ0) is 11.4. The summed E-state index contributed by atoms with van der Waals surface area (Å²) < 4.78 is 0. The summed E-state index contributed by atoms with van der Waals surface area (Å²) in [7, 11) is 1.95. The maximum absolute atomic E-state index is 4.34. The fraction of sp³-hybridized carbons (Fsp3) is 0.462. The van der Waals surface area contributed by atoms with Crippen molar-refractivity contribution in [1.29, 1.82) is 0 Å². The monoisotopic (exact) mass is 217 g/mol. The number of hydrogen-bond acceptors (Lipinski definition) is 3. The van der Waals surface area contributed by atoms with E-state index in [2.05, 4.69) is 40.3 Å². The zero-order valence-electron chi connectivity index (χ0n) is 10.0. The number of rotatable bonds is 3. The predicted octanol–water partition coefficient (Wildman–Crippen LogP) is 1.96. The van der Waals surface area contributed by atoms with Crippen LogP contribution in [0.1, 0.15) is 19.0 Å². The van der Waals surface area contributed by atoms with Gasteiger partial charge in [0.2, 0.25) is 0 Å². The molecule has 3 nitrogen and oxygen atoms in total. The fourth-order valence-corrected chi connectivity index (χ4v) is 2.07. The van der Waals surface area contributed by atoms with Gasteiger partial charge in [-0.15, -0.1) is 0 Å². The van der Waals surface area contributed by atoms with Crippen LogP contribution in [0.15, 0.2) is 30.0 Å². The van der Waals surface area contributed by atoms with Crippen molar-refractivity contribution in [2.75, 3.05) is 25.0 Å². The second kappa shape index (κ2) is 5.12. The highest BCUT2D eigenvalue weighted by Gasteiger charge is 2.10. The van der Waals surface area contributed by atoms with E-state index in [1.165, 1.54) is 11.3 Å². The minimum absolute atomic E-state index is 0.830. The van der Waals surface area contributed by atoms with Crippen LogP contribution in [0.5, 0.6) is 0 Å². The van der Waals surface area contributed by atoms with Crippen molar-refractivity contribution in [2.45, 2.75) is 19.9 Å². The van der Waals surface area contributed by atoms with Gasteiger partial charge in [0.05, 0.1) is 5.69 Å². The third-order valence-electron chi connectivity index (χ3n) is 2.86. The second-order valence-electron chi connectivity index (χ2n) is 4.30. The molecule has 0 aromatic carbocycles. The molecule has 0 amide bonds. The molecule has 2 rings (SSSR count). The van der Waals surface area contributed by atoms with Crippen molar-refractivity contribution in [3.8, 4) is 0 Å². The fourth-order valence-electron chi connectivity index (χ4n) is 2.07. The van der Waals surface area contributed by atoms with E-state index in [9.17, 15) is 0 Å². The highest BCUT2D eigenvalue weighted by molar-refractivity contribution is 5.48. The van der Waals surface area contributed by atoms with E-state index >= 15 is 0 Å². The molecule has 0 bridgehead atoms. The van der Waals surface area contributed by atoms with E-state index in [4.69, 9.17) is 0 Å². The first-order valence-electron chi connectivity index (χ1n) is 5.79. The Hall–Kier alpha value is -1.35. The third kappa shape index (κ3) is 2.61. The molecule has 3 heteroatoms. The third-order valence-corrected chi connectivity index (χ3v) is 2.86. The SMILES string of the molecule is CNCc1cc(N2CCC=C(C)C2)ccn1. The van der Waals surface area contributed by atoms with Gasteiger partial charge in [-0.2, -0.15) is 0 Å². The quantitative estimate of drug-likeness (QED) is 0.784. The minimum atomic E-state index is 0.830. The molecule has 0 saturated carbocycles. The Bertz CT molecular complexity index is 385. The number of aromatic nitrogens is 1. The van der Waals surface area contributed by atoms with Gasteiger partial charge >= 0.3 is 0 Å². The van der Waals surface area contributed by atoms with Gasteiger partial charge in [-0.1, -0.05) is 11.6 Å². The molecule has 0 spiro atoms. The Kier molecular flexibility index (Phi) is 3.57. The molecule has 0 atom stereocenters. The van der Waals surface area contributed by atoms with Crippen molar-refractivity contribution in [3.63, 3.8) is 0 Å². The molecular formula is C13H19N3. The maximum Gasteiger partial charge on any atom is 0.0562 e. The summed E-state index contributed by atoms with van der Waals surface area (Å²) in [4.78, 5) is 6.75. The lowest BCUT2D eigenvalue weighted by atomic mass is 10.1. The Morgan fingerprint density at radius 1 is 1.50 bits per heavy atom. The summed E-state index contributed by atoms with van der Waals surface area (Å²) in [5.41, 5.74) is 3.85. The standard InChI is InChI=1S/C13H19N3/c1-11-4-3-7-16(10-11)13-5-6-15-12(8-13)9-14-2/h4-6,8,14H,3,7,9-10H2,1-2H3. The Balaban J connectivity index is 2.14. The molecular weight excluding hydrogens is 198 g/mol. The van der Waals surface area contributed by atoms with Crippen molar-refractivity contribution in [2.24, 2.45) is 0 Å². The van der Waals surface area contributed by atoms with Crippen LogP contribution in [0.25, 0.3) is 0 Å². The van der Waals surface area contributed by atoms with Crippen LogP contribution in [0, 0.1) is 0 Å². The predicted molar refractivity (Wildman–Crippen MR) is 67.6 cm³/mol. The van der Waals surface area contributed by atoms with Crippen molar-refractivity contribution < 1.29 is 0 Å². The van der Waals surface area contributed by atoms with Crippen LogP contribution in [0.3, 0.4) is 0 Å². The molecule has 1 aliphatic rings. The number of pyridine rings is 1. The molecule has 1 aromatic rings. The molecule has 1 aromatic heterocycles. The van der Waals surface area contributed by atoms with Crippen LogP contribution in [-0.2, 0) is 6.54 Å². The van der Waals surface area contributed by atoms with Crippen LogP contribution >= 0.6 is 0 Å². The van der Waals surface area contributed by atoms with Crippen LogP contribution in [-0.4, -0.2) is 25.1 Å². The number of nitrogens with zero attached hydrogens (tertiary/aromatic N) is 2. The largest absolute Gasteiger partial charge is 0.367 e. The second-order valence-corrected chi connectivity index (χ2v) is 4.30. The lowest BCUT2D eigenvalue weighted by molar-refractivity contribution is 0.772. The minimum Gasteiger partial charge on any atom is -0.367 e. The van der Waals surface area contributed by atoms with E-state index < -0.39 is 0 Å². The van der Waals surface area contributed by atoms with E-state index in [1.807, 2.05) is 13.2 Å². The molecule has 0 fully saturated rings. The van der Waals surface area contributed by atoms with Gasteiger partial charge in [0.25, 0.3) is 0 Å². The molecule has 0 unspecified atom stereocenters. The summed E-state index contributed by atoms with van der Waals surface area (Å²) >= 11 is 0. The molecule has 0 radical (unpaired) electrons. The van der Waals surface area contributed by atoms with E-state index in [0.29, 0.717) is 0 Å². The normalized spacial score (nSPS) is 16.1. The lowest BCUT2D eigenvalue weighted by Crippen LogP contribution is -2.29. The van der Waals surface area contributed by atoms with Gasteiger partial charge in [-0.3, -0.25) is 4.98 Å². The van der Waals surface area contributed by atoms with E-state index in [1.54, 1.807) is 0 Å². The molecule has 1 aliphatic heterocycles. The first-order valence-corrected chi connectivity index (χ1v) is 5.79. The van der Waals surface area contributed by atoms with Crippen LogP contribution < -0.4 is 10.2 Å². The summed E-state index contributed by atoms with van der Waals surface area (Å²) in [5.74, 6) is 0. The van der Waals surface area contributed by atoms with Crippen molar-refractivity contribution >= 4 is 5.69 Å². The van der Waals surface area contributed by atoms with Gasteiger partial charge < -0.3 is 10.2 Å². The van der Waals surface area contributed by atoms with Gasteiger partial charge in [0.15, 0.2) is 0 Å². The molecule has 0 aliphatic carbocycles. The topological polar surface area (TPSA) is 28.2 Å². The Labute approximate surface area is 97.2 Å². The Morgan fingerprint density at radius 3 is 3.12 bits per heavy atom. The van der Waals surface area contributed by atoms with Gasteiger partial charge in [-0.05, 0) is 32.5 Å². The highest BCUT2D eigenvalue weighted by atomic mass is 15.1.